The Balaban J connectivity index is 2.35. The number of hydrogen-bond acceptors (Lipinski definition) is 5. The highest BCUT2D eigenvalue weighted by molar-refractivity contribution is 7.89. The third-order valence-corrected chi connectivity index (χ3v) is 6.28. The highest BCUT2D eigenvalue weighted by Crippen LogP contribution is 2.31. The number of ether oxygens (including phenoxy) is 1. The molecule has 1 atom stereocenters. The van der Waals surface area contributed by atoms with Crippen LogP contribution in [-0.4, -0.2) is 43.7 Å². The highest BCUT2D eigenvalue weighted by Gasteiger charge is 2.41. The number of rotatable bonds is 5. The van der Waals surface area contributed by atoms with Crippen molar-refractivity contribution in [2.45, 2.75) is 51.5 Å². The molecule has 0 radical (unpaired) electrons. The maximum Gasteiger partial charge on any atom is 0.324 e. The second-order valence-electron chi connectivity index (χ2n) is 6.31. The van der Waals surface area contributed by atoms with Crippen LogP contribution in [0.3, 0.4) is 0 Å². The fourth-order valence-corrected chi connectivity index (χ4v) is 5.29. The first kappa shape index (κ1) is 18.6. The van der Waals surface area contributed by atoms with E-state index in [1.807, 2.05) is 19.1 Å². The molecule has 1 unspecified atom stereocenters. The van der Waals surface area contributed by atoms with Gasteiger partial charge in [-0.1, -0.05) is 17.7 Å². The molecule has 132 valence electrons. The molecule has 1 aromatic rings. The van der Waals surface area contributed by atoms with Crippen LogP contribution in [-0.2, 0) is 24.3 Å². The van der Waals surface area contributed by atoms with Crippen LogP contribution in [0.15, 0.2) is 17.0 Å². The van der Waals surface area contributed by atoms with Crippen molar-refractivity contribution < 1.29 is 22.7 Å². The van der Waals surface area contributed by atoms with E-state index in [9.17, 15) is 18.0 Å². The molecule has 2 rings (SSSR count). The molecule has 1 aliphatic rings. The summed E-state index contributed by atoms with van der Waals surface area (Å²) in [5.41, 5.74) is 2.31. The number of aryl methyl sites for hydroxylation is 3. The van der Waals surface area contributed by atoms with E-state index in [2.05, 4.69) is 0 Å². The lowest BCUT2D eigenvalue weighted by Gasteiger charge is -2.24. The standard InChI is InChI=1S/C17H23NO5S/c1-11-8-12(2)16(13(3)9-11)24(21,22)18-7-5-6-15(18)17(20)23-10-14(4)19/h8-9,15H,5-7,10H2,1-4H3. The predicted octanol–water partition coefficient (Wildman–Crippen LogP) is 1.90. The molecule has 1 aliphatic heterocycles. The van der Waals surface area contributed by atoms with E-state index in [1.165, 1.54) is 11.2 Å². The van der Waals surface area contributed by atoms with E-state index in [1.54, 1.807) is 13.8 Å². The SMILES string of the molecule is CC(=O)COC(=O)C1CCCN1S(=O)(=O)c1c(C)cc(C)cc1C. The first-order chi connectivity index (χ1) is 11.1. The van der Waals surface area contributed by atoms with E-state index < -0.39 is 22.0 Å². The number of sulfonamides is 1. The third-order valence-electron chi connectivity index (χ3n) is 4.06. The minimum absolute atomic E-state index is 0.249. The molecule has 0 aliphatic carbocycles. The molecular weight excluding hydrogens is 330 g/mol. The lowest BCUT2D eigenvalue weighted by atomic mass is 10.1. The molecule has 6 nitrogen and oxygen atoms in total. The summed E-state index contributed by atoms with van der Waals surface area (Å²) >= 11 is 0. The summed E-state index contributed by atoms with van der Waals surface area (Å²) in [4.78, 5) is 23.4. The Hall–Kier alpha value is -1.73. The normalized spacial score (nSPS) is 18.6. The van der Waals surface area contributed by atoms with Crippen molar-refractivity contribution in [3.05, 3.63) is 28.8 Å². The van der Waals surface area contributed by atoms with Gasteiger partial charge >= 0.3 is 5.97 Å². The van der Waals surface area contributed by atoms with Crippen molar-refractivity contribution in [2.24, 2.45) is 0 Å². The van der Waals surface area contributed by atoms with Crippen LogP contribution in [0.25, 0.3) is 0 Å². The summed E-state index contributed by atoms with van der Waals surface area (Å²) in [5.74, 6) is -0.935. The molecule has 7 heteroatoms. The van der Waals surface area contributed by atoms with Gasteiger partial charge in [0.05, 0.1) is 4.90 Å². The minimum atomic E-state index is -3.80. The first-order valence-electron chi connectivity index (χ1n) is 7.90. The zero-order valence-corrected chi connectivity index (χ0v) is 15.3. The molecule has 24 heavy (non-hydrogen) atoms. The first-order valence-corrected chi connectivity index (χ1v) is 9.34. The molecule has 1 fully saturated rings. The van der Waals surface area contributed by atoms with Crippen molar-refractivity contribution in [1.82, 2.24) is 4.31 Å². The number of carbonyl (C=O) groups is 2. The van der Waals surface area contributed by atoms with E-state index in [0.29, 0.717) is 24.0 Å². The molecule has 0 saturated carbocycles. The fourth-order valence-electron chi connectivity index (χ4n) is 3.22. The smallest absolute Gasteiger partial charge is 0.324 e. The van der Waals surface area contributed by atoms with Crippen molar-refractivity contribution in [1.29, 1.82) is 0 Å². The van der Waals surface area contributed by atoms with Crippen LogP contribution in [0.2, 0.25) is 0 Å². The van der Waals surface area contributed by atoms with Crippen molar-refractivity contribution >= 4 is 21.8 Å². The Kier molecular flexibility index (Phi) is 5.45. The van der Waals surface area contributed by atoms with Crippen LogP contribution >= 0.6 is 0 Å². The summed E-state index contributed by atoms with van der Waals surface area (Å²) < 4.78 is 32.3. The lowest BCUT2D eigenvalue weighted by Crippen LogP contribution is -2.42. The lowest BCUT2D eigenvalue weighted by molar-refractivity contribution is -0.150. The van der Waals surface area contributed by atoms with Crippen LogP contribution in [0.1, 0.15) is 36.5 Å². The van der Waals surface area contributed by atoms with Gasteiger partial charge in [-0.05, 0) is 51.7 Å². The Morgan fingerprint density at radius 1 is 1.21 bits per heavy atom. The Labute approximate surface area is 142 Å². The van der Waals surface area contributed by atoms with Crippen molar-refractivity contribution in [3.8, 4) is 0 Å². The van der Waals surface area contributed by atoms with Gasteiger partial charge in [-0.15, -0.1) is 0 Å². The molecule has 0 aromatic heterocycles. The topological polar surface area (TPSA) is 80.8 Å². The molecule has 0 amide bonds. The Bertz CT molecular complexity index is 746. The van der Waals surface area contributed by atoms with Gasteiger partial charge in [-0.2, -0.15) is 4.31 Å². The number of carbonyl (C=O) groups excluding carboxylic acids is 2. The zero-order chi connectivity index (χ0) is 18.1. The molecule has 1 aromatic carbocycles. The van der Waals surface area contributed by atoms with E-state index in [4.69, 9.17) is 4.74 Å². The zero-order valence-electron chi connectivity index (χ0n) is 14.5. The molecule has 1 heterocycles. The van der Waals surface area contributed by atoms with Gasteiger partial charge in [0.1, 0.15) is 12.6 Å². The second kappa shape index (κ2) is 7.03. The van der Waals surface area contributed by atoms with Crippen molar-refractivity contribution in [3.63, 3.8) is 0 Å². The predicted molar refractivity (Wildman–Crippen MR) is 89.2 cm³/mol. The van der Waals surface area contributed by atoms with E-state index >= 15 is 0 Å². The van der Waals surface area contributed by atoms with Crippen LogP contribution in [0, 0.1) is 20.8 Å². The Morgan fingerprint density at radius 2 is 1.79 bits per heavy atom. The number of nitrogens with zero attached hydrogens (tertiary/aromatic N) is 1. The summed E-state index contributed by atoms with van der Waals surface area (Å²) in [6, 6.07) is 2.77. The summed E-state index contributed by atoms with van der Waals surface area (Å²) in [6.45, 7) is 6.68. The Morgan fingerprint density at radius 3 is 2.33 bits per heavy atom. The average molecular weight is 353 g/mol. The van der Waals surface area contributed by atoms with Crippen LogP contribution < -0.4 is 0 Å². The van der Waals surface area contributed by atoms with Gasteiger partial charge in [0.2, 0.25) is 10.0 Å². The van der Waals surface area contributed by atoms with Crippen LogP contribution in [0.5, 0.6) is 0 Å². The third kappa shape index (κ3) is 3.67. The van der Waals surface area contributed by atoms with Crippen molar-refractivity contribution in [2.75, 3.05) is 13.2 Å². The molecule has 0 bridgehead atoms. The molecule has 1 saturated heterocycles. The van der Waals surface area contributed by atoms with Gasteiger partial charge in [-0.3, -0.25) is 9.59 Å². The van der Waals surface area contributed by atoms with Gasteiger partial charge in [-0.25, -0.2) is 8.42 Å². The quantitative estimate of drug-likeness (QED) is 0.755. The fraction of sp³-hybridized carbons (Fsp3) is 0.529. The highest BCUT2D eigenvalue weighted by atomic mass is 32.2. The summed E-state index contributed by atoms with van der Waals surface area (Å²) in [5, 5.41) is 0. The number of Topliss-reactive ketones (excluding diaryl/α,β-unsaturated/α-hetero) is 1. The molecule has 0 N–H and O–H groups in total. The van der Waals surface area contributed by atoms with Gasteiger partial charge < -0.3 is 4.74 Å². The monoisotopic (exact) mass is 353 g/mol. The van der Waals surface area contributed by atoms with Gasteiger partial charge in [0, 0.05) is 6.54 Å². The second-order valence-corrected chi connectivity index (χ2v) is 8.14. The maximum atomic E-state index is 13.1. The number of esters is 1. The largest absolute Gasteiger partial charge is 0.457 e. The summed E-state index contributed by atoms with van der Waals surface area (Å²) in [7, 11) is -3.80. The maximum absolute atomic E-state index is 13.1. The molecular formula is C17H23NO5S. The van der Waals surface area contributed by atoms with Gasteiger partial charge in [0.15, 0.2) is 5.78 Å². The van der Waals surface area contributed by atoms with E-state index in [0.717, 1.165) is 5.56 Å². The minimum Gasteiger partial charge on any atom is -0.457 e. The molecule has 0 spiro atoms. The average Bonchev–Trinajstić information content (AvgIpc) is 2.93. The number of ketones is 1. The summed E-state index contributed by atoms with van der Waals surface area (Å²) in [6.07, 6.45) is 0.989. The van der Waals surface area contributed by atoms with Crippen LogP contribution in [0.4, 0.5) is 0 Å². The van der Waals surface area contributed by atoms with Gasteiger partial charge in [0.25, 0.3) is 0 Å². The number of hydrogen-bond donors (Lipinski definition) is 0. The van der Waals surface area contributed by atoms with E-state index in [-0.39, 0.29) is 23.8 Å². The number of benzene rings is 1.